The van der Waals surface area contributed by atoms with Crippen LogP contribution in [0.5, 0.6) is 0 Å². The van der Waals surface area contributed by atoms with E-state index in [2.05, 4.69) is 10.1 Å². The maximum absolute atomic E-state index is 12.6. The lowest BCUT2D eigenvalue weighted by molar-refractivity contribution is -0.174. The Morgan fingerprint density at radius 2 is 1.68 bits per heavy atom. The van der Waals surface area contributed by atoms with E-state index in [1.807, 2.05) is 30.3 Å². The number of ether oxygens (including phenoxy) is 1. The molecule has 0 fully saturated rings. The highest BCUT2D eigenvalue weighted by Gasteiger charge is 2.27. The summed E-state index contributed by atoms with van der Waals surface area (Å²) in [6, 6.07) is 14.4. The predicted molar refractivity (Wildman–Crippen MR) is 97.0 cm³/mol. The summed E-state index contributed by atoms with van der Waals surface area (Å²) in [5, 5.41) is 2.34. The van der Waals surface area contributed by atoms with Gasteiger partial charge in [-0.1, -0.05) is 30.3 Å². The third kappa shape index (κ3) is 6.63. The van der Waals surface area contributed by atoms with Gasteiger partial charge in [-0.15, -0.1) is 0 Å². The zero-order valence-corrected chi connectivity index (χ0v) is 15.8. The fourth-order valence-electron chi connectivity index (χ4n) is 2.27. The minimum atomic E-state index is -4.51. The maximum Gasteiger partial charge on any atom is 0.411 e. The van der Waals surface area contributed by atoms with Gasteiger partial charge in [0.25, 0.3) is 0 Å². The Bertz CT molecular complexity index is 885. The molecule has 0 bridgehead atoms. The normalized spacial score (nSPS) is 12.2. The molecular formula is C18H19F3N2O4S. The summed E-state index contributed by atoms with van der Waals surface area (Å²) in [7, 11) is -2.29. The first-order chi connectivity index (χ1) is 13.1. The molecule has 152 valence electrons. The van der Waals surface area contributed by atoms with Crippen molar-refractivity contribution in [3.63, 3.8) is 0 Å². The van der Waals surface area contributed by atoms with E-state index >= 15 is 0 Å². The van der Waals surface area contributed by atoms with E-state index in [0.717, 1.165) is 5.56 Å². The highest BCUT2D eigenvalue weighted by molar-refractivity contribution is 7.89. The van der Waals surface area contributed by atoms with Crippen LogP contribution >= 0.6 is 0 Å². The monoisotopic (exact) mass is 416 g/mol. The number of hydrogen-bond acceptors (Lipinski definition) is 4. The van der Waals surface area contributed by atoms with E-state index in [9.17, 15) is 26.4 Å². The van der Waals surface area contributed by atoms with Crippen molar-refractivity contribution in [2.75, 3.05) is 25.6 Å². The lowest BCUT2D eigenvalue weighted by atomic mass is 10.2. The quantitative estimate of drug-likeness (QED) is 0.718. The SMILES string of the molecule is CN(Cc1ccccc1)S(=O)(=O)c1ccc(NC(=O)COCC(F)(F)F)cc1. The number of amides is 1. The first-order valence-electron chi connectivity index (χ1n) is 8.12. The van der Waals surface area contributed by atoms with Gasteiger partial charge in [0.05, 0.1) is 4.90 Å². The molecule has 1 amide bonds. The van der Waals surface area contributed by atoms with Crippen LogP contribution in [0.25, 0.3) is 0 Å². The highest BCUT2D eigenvalue weighted by atomic mass is 32.2. The van der Waals surface area contributed by atoms with Crippen LogP contribution in [0.1, 0.15) is 5.56 Å². The fourth-order valence-corrected chi connectivity index (χ4v) is 3.43. The van der Waals surface area contributed by atoms with Crippen LogP contribution in [0.3, 0.4) is 0 Å². The Hall–Kier alpha value is -2.43. The topological polar surface area (TPSA) is 75.7 Å². The van der Waals surface area contributed by atoms with Crippen molar-refractivity contribution in [2.24, 2.45) is 0 Å². The highest BCUT2D eigenvalue weighted by Crippen LogP contribution is 2.19. The van der Waals surface area contributed by atoms with Gasteiger partial charge >= 0.3 is 6.18 Å². The first-order valence-corrected chi connectivity index (χ1v) is 9.56. The van der Waals surface area contributed by atoms with Gasteiger partial charge in [-0.3, -0.25) is 4.79 Å². The van der Waals surface area contributed by atoms with Gasteiger partial charge < -0.3 is 10.1 Å². The third-order valence-electron chi connectivity index (χ3n) is 3.59. The molecule has 0 heterocycles. The number of anilines is 1. The molecule has 0 aliphatic heterocycles. The predicted octanol–water partition coefficient (Wildman–Crippen LogP) is 3.02. The van der Waals surface area contributed by atoms with E-state index < -0.39 is 35.3 Å². The lowest BCUT2D eigenvalue weighted by Crippen LogP contribution is -2.26. The summed E-state index contributed by atoms with van der Waals surface area (Å²) >= 11 is 0. The number of alkyl halides is 3. The van der Waals surface area contributed by atoms with Gasteiger partial charge in [-0.2, -0.15) is 17.5 Å². The summed E-state index contributed by atoms with van der Waals surface area (Å²) in [6.07, 6.45) is -4.51. The average molecular weight is 416 g/mol. The molecule has 6 nitrogen and oxygen atoms in total. The van der Waals surface area contributed by atoms with E-state index in [1.165, 1.54) is 35.6 Å². The minimum Gasteiger partial charge on any atom is -0.362 e. The van der Waals surface area contributed by atoms with Gasteiger partial charge in [-0.25, -0.2) is 8.42 Å². The number of carbonyl (C=O) groups is 1. The first kappa shape index (κ1) is 21.9. The molecule has 28 heavy (non-hydrogen) atoms. The van der Waals surface area contributed by atoms with Crippen LogP contribution in [-0.4, -0.2) is 45.1 Å². The van der Waals surface area contributed by atoms with Crippen molar-refractivity contribution >= 4 is 21.6 Å². The number of sulfonamides is 1. The van der Waals surface area contributed by atoms with E-state index in [1.54, 1.807) is 0 Å². The summed E-state index contributed by atoms with van der Waals surface area (Å²) < 4.78 is 66.6. The molecule has 2 aromatic carbocycles. The number of benzene rings is 2. The minimum absolute atomic E-state index is 0.0252. The number of nitrogens with one attached hydrogen (secondary N) is 1. The van der Waals surface area contributed by atoms with Crippen molar-refractivity contribution < 1.29 is 31.1 Å². The van der Waals surface area contributed by atoms with Crippen molar-refractivity contribution in [3.8, 4) is 0 Å². The molecule has 0 atom stereocenters. The molecule has 0 aliphatic carbocycles. The van der Waals surface area contributed by atoms with Gasteiger partial charge in [0.1, 0.15) is 13.2 Å². The fraction of sp³-hybridized carbons (Fsp3) is 0.278. The van der Waals surface area contributed by atoms with Crippen molar-refractivity contribution in [3.05, 3.63) is 60.2 Å². The van der Waals surface area contributed by atoms with Crippen molar-refractivity contribution in [1.82, 2.24) is 4.31 Å². The lowest BCUT2D eigenvalue weighted by Gasteiger charge is -2.17. The van der Waals surface area contributed by atoms with Crippen LogP contribution < -0.4 is 5.32 Å². The number of rotatable bonds is 8. The molecule has 0 unspecified atom stereocenters. The molecule has 10 heteroatoms. The second kappa shape index (κ2) is 9.18. The Morgan fingerprint density at radius 1 is 1.07 bits per heavy atom. The average Bonchev–Trinajstić information content (AvgIpc) is 2.62. The van der Waals surface area contributed by atoms with Crippen molar-refractivity contribution in [2.45, 2.75) is 17.6 Å². The summed E-state index contributed by atoms with van der Waals surface area (Å²) in [5.74, 6) is -0.777. The van der Waals surface area contributed by atoms with Crippen molar-refractivity contribution in [1.29, 1.82) is 0 Å². The Labute approximate surface area is 161 Å². The van der Waals surface area contributed by atoms with Crippen LogP contribution in [0.4, 0.5) is 18.9 Å². The molecule has 1 N–H and O–H groups in total. The molecule has 2 aromatic rings. The molecule has 0 spiro atoms. The number of nitrogens with zero attached hydrogens (tertiary/aromatic N) is 1. The molecule has 0 aromatic heterocycles. The van der Waals surface area contributed by atoms with Gasteiger partial charge in [0, 0.05) is 19.3 Å². The molecule has 0 aliphatic rings. The van der Waals surface area contributed by atoms with Gasteiger partial charge in [0.15, 0.2) is 0 Å². The van der Waals surface area contributed by atoms with Gasteiger partial charge in [0.2, 0.25) is 15.9 Å². The molecule has 0 radical (unpaired) electrons. The van der Waals surface area contributed by atoms with Crippen LogP contribution in [-0.2, 0) is 26.1 Å². The van der Waals surface area contributed by atoms with E-state index in [4.69, 9.17) is 0 Å². The summed E-state index contributed by atoms with van der Waals surface area (Å²) in [5.41, 5.74) is 1.07. The summed E-state index contributed by atoms with van der Waals surface area (Å²) in [6.45, 7) is -2.09. The van der Waals surface area contributed by atoms with Crippen LogP contribution in [0, 0.1) is 0 Å². The Balaban J connectivity index is 1.96. The van der Waals surface area contributed by atoms with Crippen LogP contribution in [0.15, 0.2) is 59.5 Å². The Morgan fingerprint density at radius 3 is 2.25 bits per heavy atom. The number of carbonyl (C=O) groups excluding carboxylic acids is 1. The molecule has 2 rings (SSSR count). The van der Waals surface area contributed by atoms with Gasteiger partial charge in [-0.05, 0) is 29.8 Å². The standard InChI is InChI=1S/C18H19F3N2O4S/c1-23(11-14-5-3-2-4-6-14)28(25,26)16-9-7-15(8-10-16)22-17(24)12-27-13-18(19,20)21/h2-10H,11-13H2,1H3,(H,22,24). The zero-order valence-electron chi connectivity index (χ0n) is 14.9. The second-order valence-electron chi connectivity index (χ2n) is 5.93. The maximum atomic E-state index is 12.6. The number of hydrogen-bond donors (Lipinski definition) is 1. The van der Waals surface area contributed by atoms with E-state index in [-0.39, 0.29) is 17.1 Å². The molecule has 0 saturated heterocycles. The second-order valence-corrected chi connectivity index (χ2v) is 7.97. The molecule has 0 saturated carbocycles. The smallest absolute Gasteiger partial charge is 0.362 e. The van der Waals surface area contributed by atoms with E-state index in [0.29, 0.717) is 0 Å². The van der Waals surface area contributed by atoms with Crippen LogP contribution in [0.2, 0.25) is 0 Å². The number of halogens is 3. The molecular weight excluding hydrogens is 397 g/mol. The summed E-state index contributed by atoms with van der Waals surface area (Å²) in [4.78, 5) is 11.6. The zero-order chi connectivity index (χ0) is 20.8. The largest absolute Gasteiger partial charge is 0.411 e. The third-order valence-corrected chi connectivity index (χ3v) is 5.41. The Kier molecular flexibility index (Phi) is 7.17.